The lowest BCUT2D eigenvalue weighted by Gasteiger charge is -2.21. The topological polar surface area (TPSA) is 15.3 Å². The number of hydrogen-bond donors (Lipinski definition) is 1. The SMILES string of the molecule is Cc1ccc(N(C)CCCCCNC(C)(C)C)cc1. The molecule has 1 N–H and O–H groups in total. The number of hydrogen-bond acceptors (Lipinski definition) is 2. The summed E-state index contributed by atoms with van der Waals surface area (Å²) in [7, 11) is 2.18. The molecule has 0 heterocycles. The van der Waals surface area contributed by atoms with Crippen LogP contribution < -0.4 is 10.2 Å². The minimum absolute atomic E-state index is 0.249. The summed E-state index contributed by atoms with van der Waals surface area (Å²) in [6.45, 7) is 11.1. The summed E-state index contributed by atoms with van der Waals surface area (Å²) in [5.41, 5.74) is 2.89. The lowest BCUT2D eigenvalue weighted by molar-refractivity contribution is 0.417. The second-order valence-electron chi connectivity index (χ2n) is 6.49. The predicted octanol–water partition coefficient (Wildman–Crippen LogP) is 3.99. The number of unbranched alkanes of at least 4 members (excludes halogenated alkanes) is 2. The molecule has 0 atom stereocenters. The normalized spacial score (nSPS) is 11.6. The van der Waals surface area contributed by atoms with Gasteiger partial charge in [-0.25, -0.2) is 0 Å². The molecule has 1 rings (SSSR count). The van der Waals surface area contributed by atoms with Crippen molar-refractivity contribution in [3.8, 4) is 0 Å². The summed E-state index contributed by atoms with van der Waals surface area (Å²) < 4.78 is 0. The van der Waals surface area contributed by atoms with Gasteiger partial charge in [0.15, 0.2) is 0 Å². The molecule has 1 aromatic carbocycles. The van der Waals surface area contributed by atoms with E-state index in [4.69, 9.17) is 0 Å². The molecule has 0 bridgehead atoms. The van der Waals surface area contributed by atoms with Gasteiger partial charge < -0.3 is 10.2 Å². The van der Waals surface area contributed by atoms with Crippen LogP contribution in [0.5, 0.6) is 0 Å². The first-order valence-corrected chi connectivity index (χ1v) is 7.41. The van der Waals surface area contributed by atoms with Crippen molar-refractivity contribution < 1.29 is 0 Å². The van der Waals surface area contributed by atoms with Crippen LogP contribution in [0.2, 0.25) is 0 Å². The Balaban J connectivity index is 2.14. The largest absolute Gasteiger partial charge is 0.375 e. The Labute approximate surface area is 119 Å². The molecule has 0 fully saturated rings. The van der Waals surface area contributed by atoms with E-state index in [0.717, 1.165) is 13.1 Å². The van der Waals surface area contributed by atoms with Crippen molar-refractivity contribution in [1.29, 1.82) is 0 Å². The first-order chi connectivity index (χ1) is 8.88. The average molecular weight is 262 g/mol. The van der Waals surface area contributed by atoms with Crippen LogP contribution in [0.4, 0.5) is 5.69 Å². The lowest BCUT2D eigenvalue weighted by Crippen LogP contribution is -2.36. The highest BCUT2D eigenvalue weighted by Gasteiger charge is 2.07. The average Bonchev–Trinajstić information content (AvgIpc) is 2.33. The maximum Gasteiger partial charge on any atom is 0.0363 e. The van der Waals surface area contributed by atoms with Crippen molar-refractivity contribution in [3.63, 3.8) is 0 Å². The van der Waals surface area contributed by atoms with Gasteiger partial charge in [-0.15, -0.1) is 0 Å². The Morgan fingerprint density at radius 3 is 2.21 bits per heavy atom. The number of aryl methyl sites for hydroxylation is 1. The molecule has 2 heteroatoms. The minimum atomic E-state index is 0.249. The van der Waals surface area contributed by atoms with Crippen LogP contribution in [-0.4, -0.2) is 25.7 Å². The van der Waals surface area contributed by atoms with Crippen molar-refractivity contribution in [2.45, 2.75) is 52.5 Å². The highest BCUT2D eigenvalue weighted by molar-refractivity contribution is 5.46. The second kappa shape index (κ2) is 7.54. The molecule has 0 aliphatic rings. The molecule has 0 aromatic heterocycles. The van der Waals surface area contributed by atoms with E-state index in [0.29, 0.717) is 0 Å². The molecule has 0 saturated carbocycles. The zero-order valence-electron chi connectivity index (χ0n) is 13.3. The fraction of sp³-hybridized carbons (Fsp3) is 0.647. The molecule has 1 aromatic rings. The molecule has 108 valence electrons. The Morgan fingerprint density at radius 1 is 1.00 bits per heavy atom. The Morgan fingerprint density at radius 2 is 1.63 bits per heavy atom. The summed E-state index contributed by atoms with van der Waals surface area (Å²) in [5, 5.41) is 3.53. The smallest absolute Gasteiger partial charge is 0.0363 e. The number of anilines is 1. The molecule has 0 aliphatic heterocycles. The van der Waals surface area contributed by atoms with E-state index in [1.165, 1.54) is 30.5 Å². The first-order valence-electron chi connectivity index (χ1n) is 7.41. The van der Waals surface area contributed by atoms with Gasteiger partial charge in [0.05, 0.1) is 0 Å². The zero-order chi connectivity index (χ0) is 14.3. The number of rotatable bonds is 7. The van der Waals surface area contributed by atoms with Crippen LogP contribution in [0.3, 0.4) is 0 Å². The maximum absolute atomic E-state index is 3.53. The molecule has 0 saturated heterocycles. The molecule has 19 heavy (non-hydrogen) atoms. The fourth-order valence-corrected chi connectivity index (χ4v) is 2.04. The Kier molecular flexibility index (Phi) is 6.36. The summed E-state index contributed by atoms with van der Waals surface area (Å²) in [6.07, 6.45) is 3.81. The highest BCUT2D eigenvalue weighted by atomic mass is 15.1. The first kappa shape index (κ1) is 16.0. The van der Waals surface area contributed by atoms with E-state index in [1.54, 1.807) is 0 Å². The molecular formula is C17H30N2. The quantitative estimate of drug-likeness (QED) is 0.747. The van der Waals surface area contributed by atoms with Gasteiger partial charge in [-0.3, -0.25) is 0 Å². The van der Waals surface area contributed by atoms with E-state index in [-0.39, 0.29) is 5.54 Å². The van der Waals surface area contributed by atoms with Crippen molar-refractivity contribution in [2.75, 3.05) is 25.0 Å². The maximum atomic E-state index is 3.53. The van der Waals surface area contributed by atoms with Crippen LogP contribution in [0.15, 0.2) is 24.3 Å². The summed E-state index contributed by atoms with van der Waals surface area (Å²) in [4.78, 5) is 2.34. The molecule has 0 unspecified atom stereocenters. The predicted molar refractivity (Wildman–Crippen MR) is 86.1 cm³/mol. The van der Waals surface area contributed by atoms with E-state index < -0.39 is 0 Å². The monoisotopic (exact) mass is 262 g/mol. The fourth-order valence-electron chi connectivity index (χ4n) is 2.04. The summed E-state index contributed by atoms with van der Waals surface area (Å²) >= 11 is 0. The molecule has 0 spiro atoms. The Bertz CT molecular complexity index is 349. The van der Waals surface area contributed by atoms with Crippen molar-refractivity contribution in [2.24, 2.45) is 0 Å². The van der Waals surface area contributed by atoms with Gasteiger partial charge in [0.2, 0.25) is 0 Å². The van der Waals surface area contributed by atoms with Gasteiger partial charge in [-0.1, -0.05) is 24.1 Å². The van der Waals surface area contributed by atoms with Crippen LogP contribution in [0, 0.1) is 6.92 Å². The third-order valence-corrected chi connectivity index (χ3v) is 3.30. The van der Waals surface area contributed by atoms with Crippen LogP contribution >= 0.6 is 0 Å². The van der Waals surface area contributed by atoms with E-state index in [9.17, 15) is 0 Å². The van der Waals surface area contributed by atoms with Crippen molar-refractivity contribution >= 4 is 5.69 Å². The standard InChI is InChI=1S/C17H30N2/c1-15-9-11-16(12-10-15)19(5)14-8-6-7-13-18-17(2,3)4/h9-12,18H,6-8,13-14H2,1-5H3. The third-order valence-electron chi connectivity index (χ3n) is 3.30. The molecule has 0 radical (unpaired) electrons. The van der Waals surface area contributed by atoms with E-state index >= 15 is 0 Å². The van der Waals surface area contributed by atoms with Crippen LogP contribution in [0.1, 0.15) is 45.6 Å². The highest BCUT2D eigenvalue weighted by Crippen LogP contribution is 2.14. The number of nitrogens with one attached hydrogen (secondary N) is 1. The van der Waals surface area contributed by atoms with E-state index in [1.807, 2.05) is 0 Å². The van der Waals surface area contributed by atoms with Gasteiger partial charge in [-0.05, 0) is 59.2 Å². The van der Waals surface area contributed by atoms with Gasteiger partial charge in [0.25, 0.3) is 0 Å². The minimum Gasteiger partial charge on any atom is -0.375 e. The van der Waals surface area contributed by atoms with E-state index in [2.05, 4.69) is 69.2 Å². The van der Waals surface area contributed by atoms with Gasteiger partial charge in [-0.2, -0.15) is 0 Å². The van der Waals surface area contributed by atoms with Crippen molar-refractivity contribution in [1.82, 2.24) is 5.32 Å². The van der Waals surface area contributed by atoms with Crippen molar-refractivity contribution in [3.05, 3.63) is 29.8 Å². The second-order valence-corrected chi connectivity index (χ2v) is 6.49. The third kappa shape index (κ3) is 7.22. The molecule has 0 aliphatic carbocycles. The lowest BCUT2D eigenvalue weighted by atomic mass is 10.1. The number of benzene rings is 1. The van der Waals surface area contributed by atoms with Crippen LogP contribution in [0.25, 0.3) is 0 Å². The van der Waals surface area contributed by atoms with Crippen LogP contribution in [-0.2, 0) is 0 Å². The molecular weight excluding hydrogens is 232 g/mol. The molecule has 0 amide bonds. The summed E-state index contributed by atoms with van der Waals surface area (Å²) in [6, 6.07) is 8.77. The van der Waals surface area contributed by atoms with Gasteiger partial charge in [0, 0.05) is 24.8 Å². The number of nitrogens with zero attached hydrogens (tertiary/aromatic N) is 1. The Hall–Kier alpha value is -1.02. The van der Waals surface area contributed by atoms with Gasteiger partial charge in [0.1, 0.15) is 0 Å². The van der Waals surface area contributed by atoms with Gasteiger partial charge >= 0.3 is 0 Å². The summed E-state index contributed by atoms with van der Waals surface area (Å²) in [5.74, 6) is 0. The molecule has 2 nitrogen and oxygen atoms in total. The zero-order valence-corrected chi connectivity index (χ0v) is 13.3.